The van der Waals surface area contributed by atoms with Crippen LogP contribution in [0, 0.1) is 5.82 Å². The molecule has 2 heterocycles. The Kier molecular flexibility index (Phi) is 5.67. The van der Waals surface area contributed by atoms with E-state index in [1.54, 1.807) is 12.1 Å². The van der Waals surface area contributed by atoms with Crippen LogP contribution in [-0.4, -0.2) is 24.8 Å². The molecule has 0 unspecified atom stereocenters. The molecule has 0 radical (unpaired) electrons. The second-order valence-corrected chi connectivity index (χ2v) is 7.24. The van der Waals surface area contributed by atoms with E-state index in [-0.39, 0.29) is 18.3 Å². The summed E-state index contributed by atoms with van der Waals surface area (Å²) in [6.07, 6.45) is 0. The van der Waals surface area contributed by atoms with Crippen LogP contribution in [0.3, 0.4) is 0 Å². The van der Waals surface area contributed by atoms with Gasteiger partial charge in [-0.05, 0) is 35.7 Å². The zero-order valence-electron chi connectivity index (χ0n) is 15.4. The molecule has 0 fully saturated rings. The molecule has 0 saturated heterocycles. The molecule has 1 aliphatic heterocycles. The Hall–Kier alpha value is -3.45. The van der Waals surface area contributed by atoms with E-state index in [1.165, 1.54) is 23.5 Å². The average molecular weight is 407 g/mol. The van der Waals surface area contributed by atoms with E-state index in [4.69, 9.17) is 4.74 Å². The van der Waals surface area contributed by atoms with Gasteiger partial charge in [0.25, 0.3) is 5.91 Å². The first-order valence-corrected chi connectivity index (χ1v) is 9.90. The van der Waals surface area contributed by atoms with Crippen molar-refractivity contribution in [1.29, 1.82) is 0 Å². The number of hydrogen-bond donors (Lipinski definition) is 2. The average Bonchev–Trinajstić information content (AvgIpc) is 3.39. The van der Waals surface area contributed by atoms with Crippen LogP contribution in [0.4, 0.5) is 10.1 Å². The highest BCUT2D eigenvalue weighted by Gasteiger charge is 2.26. The molecular weight excluding hydrogens is 389 g/mol. The van der Waals surface area contributed by atoms with Gasteiger partial charge >= 0.3 is 0 Å². The van der Waals surface area contributed by atoms with E-state index in [9.17, 15) is 9.18 Å². The Balaban J connectivity index is 1.56. The number of rotatable bonds is 7. The number of nitrogens with zero attached hydrogens (tertiary/aromatic N) is 1. The SMILES string of the molecule is O=C1NCC(OCC(=NNc2ccc(F)cc2)c2ccccc2)=C1c1cccs1. The maximum atomic E-state index is 13.1. The summed E-state index contributed by atoms with van der Waals surface area (Å²) in [5.41, 5.74) is 5.72. The molecular formula is C22H18FN3O2S. The van der Waals surface area contributed by atoms with Crippen molar-refractivity contribution in [2.45, 2.75) is 0 Å². The highest BCUT2D eigenvalue weighted by molar-refractivity contribution is 7.11. The maximum absolute atomic E-state index is 13.1. The zero-order valence-corrected chi connectivity index (χ0v) is 16.2. The summed E-state index contributed by atoms with van der Waals surface area (Å²) in [5, 5.41) is 9.19. The zero-order chi connectivity index (χ0) is 20.1. The number of anilines is 1. The van der Waals surface area contributed by atoms with Crippen LogP contribution in [0.5, 0.6) is 0 Å². The molecule has 3 aromatic rings. The molecule has 0 spiro atoms. The maximum Gasteiger partial charge on any atom is 0.256 e. The summed E-state index contributed by atoms with van der Waals surface area (Å²) >= 11 is 1.50. The lowest BCUT2D eigenvalue weighted by atomic mass is 10.1. The van der Waals surface area contributed by atoms with Crippen molar-refractivity contribution in [2.24, 2.45) is 5.10 Å². The predicted octanol–water partition coefficient (Wildman–Crippen LogP) is 4.26. The van der Waals surface area contributed by atoms with Gasteiger partial charge in [0, 0.05) is 10.4 Å². The highest BCUT2D eigenvalue weighted by atomic mass is 32.1. The molecule has 0 aliphatic carbocycles. The number of amides is 1. The van der Waals surface area contributed by atoms with Crippen molar-refractivity contribution < 1.29 is 13.9 Å². The molecule has 1 aromatic heterocycles. The summed E-state index contributed by atoms with van der Waals surface area (Å²) < 4.78 is 19.1. The molecule has 2 aromatic carbocycles. The van der Waals surface area contributed by atoms with E-state index >= 15 is 0 Å². The van der Waals surface area contributed by atoms with Gasteiger partial charge in [-0.2, -0.15) is 5.10 Å². The van der Waals surface area contributed by atoms with Crippen LogP contribution in [0.2, 0.25) is 0 Å². The molecule has 1 aliphatic rings. The number of nitrogens with one attached hydrogen (secondary N) is 2. The standard InChI is InChI=1S/C22H18FN3O2S/c23-16-8-10-17(11-9-16)25-26-18(15-5-2-1-3-6-15)14-28-19-13-24-22(27)21(19)20-7-4-12-29-20/h1-12,25H,13-14H2,(H,24,27). The quantitative estimate of drug-likeness (QED) is 0.454. The number of benzene rings is 2. The van der Waals surface area contributed by atoms with Crippen molar-refractivity contribution in [2.75, 3.05) is 18.6 Å². The summed E-state index contributed by atoms with van der Waals surface area (Å²) in [4.78, 5) is 13.1. The summed E-state index contributed by atoms with van der Waals surface area (Å²) in [6.45, 7) is 0.525. The second-order valence-electron chi connectivity index (χ2n) is 6.29. The first-order chi connectivity index (χ1) is 14.2. The predicted molar refractivity (Wildman–Crippen MR) is 113 cm³/mol. The van der Waals surface area contributed by atoms with Crippen LogP contribution in [0.15, 0.2) is 83.0 Å². The number of ether oxygens (including phenoxy) is 1. The van der Waals surface area contributed by atoms with Gasteiger partial charge in [-0.3, -0.25) is 10.2 Å². The van der Waals surface area contributed by atoms with Crippen molar-refractivity contribution >= 4 is 34.2 Å². The fraction of sp³-hybridized carbons (Fsp3) is 0.0909. The molecule has 5 nitrogen and oxygen atoms in total. The Bertz CT molecular complexity index is 1050. The van der Waals surface area contributed by atoms with Gasteiger partial charge in [0.1, 0.15) is 23.9 Å². The fourth-order valence-electron chi connectivity index (χ4n) is 2.88. The highest BCUT2D eigenvalue weighted by Crippen LogP contribution is 2.27. The van der Waals surface area contributed by atoms with Gasteiger partial charge in [0.05, 0.1) is 17.8 Å². The molecule has 29 heavy (non-hydrogen) atoms. The Morgan fingerprint density at radius 3 is 2.62 bits per heavy atom. The van der Waals surface area contributed by atoms with Crippen LogP contribution in [0.25, 0.3) is 5.57 Å². The van der Waals surface area contributed by atoms with Gasteiger partial charge < -0.3 is 10.1 Å². The largest absolute Gasteiger partial charge is 0.489 e. The van der Waals surface area contributed by atoms with Crippen LogP contribution < -0.4 is 10.7 Å². The molecule has 0 bridgehead atoms. The molecule has 2 N–H and O–H groups in total. The van der Waals surface area contributed by atoms with E-state index in [2.05, 4.69) is 15.8 Å². The number of halogens is 1. The monoisotopic (exact) mass is 407 g/mol. The topological polar surface area (TPSA) is 62.7 Å². The number of hydrogen-bond acceptors (Lipinski definition) is 5. The normalized spacial score (nSPS) is 14.1. The second kappa shape index (κ2) is 8.70. The lowest BCUT2D eigenvalue weighted by Crippen LogP contribution is -2.18. The van der Waals surface area contributed by atoms with Gasteiger partial charge in [-0.15, -0.1) is 11.3 Å². The van der Waals surface area contributed by atoms with Crippen LogP contribution in [-0.2, 0) is 9.53 Å². The van der Waals surface area contributed by atoms with Gasteiger partial charge in [0.2, 0.25) is 0 Å². The van der Waals surface area contributed by atoms with Gasteiger partial charge in [0.15, 0.2) is 0 Å². The number of thiophene rings is 1. The van der Waals surface area contributed by atoms with E-state index in [1.807, 2.05) is 47.8 Å². The fourth-order valence-corrected chi connectivity index (χ4v) is 3.67. The van der Waals surface area contributed by atoms with Gasteiger partial charge in [-0.1, -0.05) is 36.4 Å². The van der Waals surface area contributed by atoms with E-state index in [0.29, 0.717) is 29.3 Å². The molecule has 0 saturated carbocycles. The molecule has 4 rings (SSSR count). The third-order valence-electron chi connectivity index (χ3n) is 4.34. The number of carbonyl (C=O) groups is 1. The minimum Gasteiger partial charge on any atom is -0.489 e. The Labute approximate surface area is 171 Å². The number of carbonyl (C=O) groups excluding carboxylic acids is 1. The summed E-state index contributed by atoms with van der Waals surface area (Å²) in [7, 11) is 0. The lowest BCUT2D eigenvalue weighted by molar-refractivity contribution is -0.114. The van der Waals surface area contributed by atoms with Crippen molar-refractivity contribution in [3.05, 3.63) is 94.1 Å². The number of hydrazone groups is 1. The summed E-state index contributed by atoms with van der Waals surface area (Å²) in [6, 6.07) is 19.4. The Morgan fingerprint density at radius 2 is 1.90 bits per heavy atom. The van der Waals surface area contributed by atoms with Crippen molar-refractivity contribution in [3.63, 3.8) is 0 Å². The minimum absolute atomic E-state index is 0.134. The van der Waals surface area contributed by atoms with E-state index in [0.717, 1.165) is 10.4 Å². The minimum atomic E-state index is -0.308. The van der Waals surface area contributed by atoms with Crippen molar-refractivity contribution in [1.82, 2.24) is 5.32 Å². The Morgan fingerprint density at radius 1 is 1.10 bits per heavy atom. The van der Waals surface area contributed by atoms with Crippen LogP contribution >= 0.6 is 11.3 Å². The third-order valence-corrected chi connectivity index (χ3v) is 5.22. The lowest BCUT2D eigenvalue weighted by Gasteiger charge is -2.11. The van der Waals surface area contributed by atoms with Crippen LogP contribution in [0.1, 0.15) is 10.4 Å². The first-order valence-electron chi connectivity index (χ1n) is 9.02. The van der Waals surface area contributed by atoms with E-state index < -0.39 is 0 Å². The molecule has 146 valence electrons. The molecule has 7 heteroatoms. The third kappa shape index (κ3) is 4.52. The smallest absolute Gasteiger partial charge is 0.256 e. The molecule has 0 atom stereocenters. The van der Waals surface area contributed by atoms with Crippen molar-refractivity contribution in [3.8, 4) is 0 Å². The first kappa shape index (κ1) is 18.9. The summed E-state index contributed by atoms with van der Waals surface area (Å²) in [5.74, 6) is 0.158. The molecule has 1 amide bonds. The van der Waals surface area contributed by atoms with Gasteiger partial charge in [-0.25, -0.2) is 4.39 Å².